The zero-order chi connectivity index (χ0) is 20.1. The summed E-state index contributed by atoms with van der Waals surface area (Å²) < 4.78 is 2.21. The van der Waals surface area contributed by atoms with E-state index in [9.17, 15) is 4.79 Å². The second-order valence-electron chi connectivity index (χ2n) is 7.93. The number of carbonyl (C=O) groups excluding carboxylic acids is 1. The van der Waals surface area contributed by atoms with Crippen LogP contribution in [0.1, 0.15) is 53.7 Å². The summed E-state index contributed by atoms with van der Waals surface area (Å²) >= 11 is 0. The molecule has 3 aromatic rings. The maximum Gasteiger partial charge on any atom is 0.250 e. The molecule has 0 saturated heterocycles. The summed E-state index contributed by atoms with van der Waals surface area (Å²) in [6.07, 6.45) is 10.1. The molecule has 1 amide bonds. The molecule has 0 spiro atoms. The lowest BCUT2D eigenvalue weighted by molar-refractivity contribution is 0.100. The van der Waals surface area contributed by atoms with Gasteiger partial charge in [-0.25, -0.2) is 0 Å². The van der Waals surface area contributed by atoms with Crippen LogP contribution in [0.25, 0.3) is 5.69 Å². The summed E-state index contributed by atoms with van der Waals surface area (Å²) in [6, 6.07) is 21.1. The van der Waals surface area contributed by atoms with E-state index in [-0.39, 0.29) is 5.91 Å². The number of carbonyl (C=O) groups is 1. The van der Waals surface area contributed by atoms with Crippen LogP contribution in [0.5, 0.6) is 0 Å². The number of hydrogen-bond donors (Lipinski definition) is 2. The Kier molecular flexibility index (Phi) is 5.99. The quantitative estimate of drug-likeness (QED) is 0.592. The van der Waals surface area contributed by atoms with E-state index in [0.717, 1.165) is 37.1 Å². The first-order valence-corrected chi connectivity index (χ1v) is 10.6. The minimum atomic E-state index is -0.383. The van der Waals surface area contributed by atoms with Crippen LogP contribution in [0.15, 0.2) is 66.9 Å². The zero-order valence-corrected chi connectivity index (χ0v) is 16.8. The molecule has 0 radical (unpaired) electrons. The summed E-state index contributed by atoms with van der Waals surface area (Å²) in [6.45, 7) is 0. The van der Waals surface area contributed by atoms with Gasteiger partial charge in [0.2, 0.25) is 0 Å². The number of hydrogen-bond acceptors (Lipinski definition) is 2. The highest BCUT2D eigenvalue weighted by molar-refractivity contribution is 5.99. The first kappa shape index (κ1) is 19.3. The van der Waals surface area contributed by atoms with Gasteiger partial charge in [0.15, 0.2) is 0 Å². The number of rotatable bonds is 7. The van der Waals surface area contributed by atoms with E-state index in [1.54, 1.807) is 0 Å². The van der Waals surface area contributed by atoms with Gasteiger partial charge in [0.1, 0.15) is 0 Å². The fraction of sp³-hybridized carbons (Fsp3) is 0.320. The number of nitrogens with zero attached hydrogens (tertiary/aromatic N) is 1. The molecule has 0 aliphatic heterocycles. The van der Waals surface area contributed by atoms with Gasteiger partial charge in [0.05, 0.1) is 5.56 Å². The van der Waals surface area contributed by atoms with Crippen molar-refractivity contribution in [3.05, 3.63) is 83.7 Å². The summed E-state index contributed by atoms with van der Waals surface area (Å²) in [5.41, 5.74) is 10.7. The number of aryl methyl sites for hydroxylation is 2. The Morgan fingerprint density at radius 3 is 2.52 bits per heavy atom. The second kappa shape index (κ2) is 8.99. The standard InChI is InChI=1S/C25H29N3O/c26-25(29)23-16-15-22(18-24(23)27-20-10-5-2-6-11-20)28-17-7-12-21(28)14-13-19-8-3-1-4-9-19/h1,3-4,7-9,12,15-18,20,27H,2,5-6,10-11,13-14H2,(H2,26,29). The number of anilines is 1. The van der Waals surface area contributed by atoms with E-state index >= 15 is 0 Å². The summed E-state index contributed by atoms with van der Waals surface area (Å²) in [5.74, 6) is -0.383. The SMILES string of the molecule is NC(=O)c1ccc(-n2cccc2CCc2ccccc2)cc1NC1CCCCC1. The number of aromatic nitrogens is 1. The molecule has 4 rings (SSSR count). The topological polar surface area (TPSA) is 60.1 Å². The van der Waals surface area contributed by atoms with E-state index in [4.69, 9.17) is 5.73 Å². The van der Waals surface area contributed by atoms with Crippen molar-refractivity contribution in [1.82, 2.24) is 4.57 Å². The fourth-order valence-electron chi connectivity index (χ4n) is 4.27. The van der Waals surface area contributed by atoms with Crippen molar-refractivity contribution in [2.45, 2.75) is 51.0 Å². The normalized spacial score (nSPS) is 14.6. The molecule has 1 heterocycles. The molecule has 0 unspecified atom stereocenters. The number of amides is 1. The molecule has 0 bridgehead atoms. The molecule has 0 atom stereocenters. The predicted octanol–water partition coefficient (Wildman–Crippen LogP) is 5.11. The molecule has 2 aromatic carbocycles. The first-order chi connectivity index (χ1) is 14.2. The van der Waals surface area contributed by atoms with Gasteiger partial charge < -0.3 is 15.6 Å². The summed E-state index contributed by atoms with van der Waals surface area (Å²) in [4.78, 5) is 12.0. The van der Waals surface area contributed by atoms with Crippen molar-refractivity contribution >= 4 is 11.6 Å². The van der Waals surface area contributed by atoms with Crippen LogP contribution >= 0.6 is 0 Å². The van der Waals surface area contributed by atoms with Crippen molar-refractivity contribution in [1.29, 1.82) is 0 Å². The van der Waals surface area contributed by atoms with Crippen LogP contribution < -0.4 is 11.1 Å². The van der Waals surface area contributed by atoms with E-state index in [1.807, 2.05) is 18.2 Å². The molecular formula is C25H29N3O. The smallest absolute Gasteiger partial charge is 0.250 e. The third-order valence-corrected chi connectivity index (χ3v) is 5.86. The highest BCUT2D eigenvalue weighted by Gasteiger charge is 2.17. The van der Waals surface area contributed by atoms with E-state index in [2.05, 4.69) is 58.5 Å². The zero-order valence-electron chi connectivity index (χ0n) is 16.8. The van der Waals surface area contributed by atoms with Gasteiger partial charge in [0.25, 0.3) is 5.91 Å². The number of primary amides is 1. The average Bonchev–Trinajstić information content (AvgIpc) is 3.22. The monoisotopic (exact) mass is 387 g/mol. The Bertz CT molecular complexity index is 955. The van der Waals surface area contributed by atoms with Gasteiger partial charge in [-0.05, 0) is 61.6 Å². The molecule has 1 saturated carbocycles. The Labute approximate surface area is 172 Å². The predicted molar refractivity (Wildman–Crippen MR) is 119 cm³/mol. The van der Waals surface area contributed by atoms with E-state index in [1.165, 1.54) is 30.5 Å². The lowest BCUT2D eigenvalue weighted by atomic mass is 9.95. The molecule has 1 aliphatic carbocycles. The largest absolute Gasteiger partial charge is 0.382 e. The van der Waals surface area contributed by atoms with Crippen molar-refractivity contribution in [2.75, 3.05) is 5.32 Å². The Morgan fingerprint density at radius 1 is 0.966 bits per heavy atom. The van der Waals surface area contributed by atoms with Gasteiger partial charge in [-0.1, -0.05) is 49.6 Å². The lowest BCUT2D eigenvalue weighted by Gasteiger charge is -2.25. The fourth-order valence-corrected chi connectivity index (χ4v) is 4.27. The molecule has 4 nitrogen and oxygen atoms in total. The number of nitrogens with one attached hydrogen (secondary N) is 1. The maximum atomic E-state index is 12.0. The van der Waals surface area contributed by atoms with Gasteiger partial charge >= 0.3 is 0 Å². The van der Waals surface area contributed by atoms with Crippen LogP contribution in [0.3, 0.4) is 0 Å². The van der Waals surface area contributed by atoms with Crippen molar-refractivity contribution in [3.63, 3.8) is 0 Å². The average molecular weight is 388 g/mol. The first-order valence-electron chi connectivity index (χ1n) is 10.6. The maximum absolute atomic E-state index is 12.0. The molecule has 1 aromatic heterocycles. The van der Waals surface area contributed by atoms with Gasteiger partial charge in [-0.15, -0.1) is 0 Å². The molecule has 29 heavy (non-hydrogen) atoms. The second-order valence-corrected chi connectivity index (χ2v) is 7.93. The summed E-state index contributed by atoms with van der Waals surface area (Å²) in [7, 11) is 0. The van der Waals surface area contributed by atoms with Crippen molar-refractivity contribution in [2.24, 2.45) is 5.73 Å². The van der Waals surface area contributed by atoms with Gasteiger partial charge in [-0.3, -0.25) is 4.79 Å². The van der Waals surface area contributed by atoms with E-state index in [0.29, 0.717) is 11.6 Å². The molecule has 1 aliphatic rings. The van der Waals surface area contributed by atoms with Crippen molar-refractivity contribution in [3.8, 4) is 5.69 Å². The van der Waals surface area contributed by atoms with Crippen LogP contribution in [0.2, 0.25) is 0 Å². The van der Waals surface area contributed by atoms with Crippen LogP contribution in [-0.4, -0.2) is 16.5 Å². The Balaban J connectivity index is 1.57. The third kappa shape index (κ3) is 4.70. The van der Waals surface area contributed by atoms with Crippen LogP contribution in [-0.2, 0) is 12.8 Å². The van der Waals surface area contributed by atoms with Crippen molar-refractivity contribution < 1.29 is 4.79 Å². The summed E-state index contributed by atoms with van der Waals surface area (Å²) in [5, 5.41) is 3.60. The van der Waals surface area contributed by atoms with Crippen LogP contribution in [0.4, 0.5) is 5.69 Å². The highest BCUT2D eigenvalue weighted by atomic mass is 16.1. The molecule has 4 heteroatoms. The molecule has 150 valence electrons. The number of benzene rings is 2. The Morgan fingerprint density at radius 2 is 1.76 bits per heavy atom. The minimum Gasteiger partial charge on any atom is -0.382 e. The van der Waals surface area contributed by atoms with E-state index < -0.39 is 0 Å². The van der Waals surface area contributed by atoms with Gasteiger partial charge in [0, 0.05) is 29.3 Å². The molecule has 1 fully saturated rings. The van der Waals surface area contributed by atoms with Crippen LogP contribution in [0, 0.1) is 0 Å². The lowest BCUT2D eigenvalue weighted by Crippen LogP contribution is -2.24. The minimum absolute atomic E-state index is 0.383. The third-order valence-electron chi connectivity index (χ3n) is 5.86. The Hall–Kier alpha value is -3.01. The van der Waals surface area contributed by atoms with Gasteiger partial charge in [-0.2, -0.15) is 0 Å². The molecule has 3 N–H and O–H groups in total. The molecular weight excluding hydrogens is 358 g/mol. The number of nitrogens with two attached hydrogens (primary N) is 1. The highest BCUT2D eigenvalue weighted by Crippen LogP contribution is 2.27.